The van der Waals surface area contributed by atoms with Crippen molar-refractivity contribution in [2.45, 2.75) is 6.42 Å². The van der Waals surface area contributed by atoms with Crippen LogP contribution >= 0.6 is 23.2 Å². The van der Waals surface area contributed by atoms with Crippen LogP contribution in [0, 0.1) is 5.92 Å². The summed E-state index contributed by atoms with van der Waals surface area (Å²) in [7, 11) is 0. The van der Waals surface area contributed by atoms with Gasteiger partial charge in [0.25, 0.3) is 0 Å². The molecule has 0 saturated heterocycles. The molecule has 0 aromatic heterocycles. The summed E-state index contributed by atoms with van der Waals surface area (Å²) in [5, 5.41) is 9.81. The largest absolute Gasteiger partial charge is 0.492 e. The van der Waals surface area contributed by atoms with Crippen LogP contribution in [0.25, 0.3) is 0 Å². The van der Waals surface area contributed by atoms with Gasteiger partial charge >= 0.3 is 5.97 Å². The summed E-state index contributed by atoms with van der Waals surface area (Å²) in [5.41, 5.74) is 0.722. The maximum Gasteiger partial charge on any atom is 0.310 e. The van der Waals surface area contributed by atoms with Crippen molar-refractivity contribution in [3.63, 3.8) is 0 Å². The third-order valence-electron chi connectivity index (χ3n) is 2.36. The van der Waals surface area contributed by atoms with E-state index in [4.69, 9.17) is 33.0 Å². The highest BCUT2D eigenvalue weighted by Crippen LogP contribution is 2.35. The Balaban J connectivity index is 2.37. The first kappa shape index (κ1) is 10.6. The molecule has 2 rings (SSSR count). The number of hydrogen-bond donors (Lipinski definition) is 1. The van der Waals surface area contributed by atoms with E-state index >= 15 is 0 Å². The summed E-state index contributed by atoms with van der Waals surface area (Å²) in [6.07, 6.45) is 0.390. The molecule has 1 heterocycles. The Morgan fingerprint density at radius 2 is 2.20 bits per heavy atom. The first-order chi connectivity index (χ1) is 7.08. The molecule has 1 unspecified atom stereocenters. The van der Waals surface area contributed by atoms with Gasteiger partial charge in [0.15, 0.2) is 0 Å². The van der Waals surface area contributed by atoms with Gasteiger partial charge in [-0.15, -0.1) is 0 Å². The van der Waals surface area contributed by atoms with E-state index in [1.54, 1.807) is 12.1 Å². The first-order valence-electron chi connectivity index (χ1n) is 4.41. The van der Waals surface area contributed by atoms with E-state index in [1.807, 2.05) is 0 Å². The lowest BCUT2D eigenvalue weighted by molar-refractivity contribution is -0.143. The summed E-state index contributed by atoms with van der Waals surface area (Å²) in [6.45, 7) is 0.166. The van der Waals surface area contributed by atoms with Crippen molar-refractivity contribution in [2.75, 3.05) is 6.61 Å². The normalized spacial score (nSPS) is 19.2. The van der Waals surface area contributed by atoms with Gasteiger partial charge in [0.05, 0.1) is 5.92 Å². The predicted molar refractivity (Wildman–Crippen MR) is 56.8 cm³/mol. The lowest BCUT2D eigenvalue weighted by atomic mass is 9.97. The Bertz CT molecular complexity index is 417. The molecule has 1 N–H and O–H groups in total. The van der Waals surface area contributed by atoms with E-state index < -0.39 is 11.9 Å². The third-order valence-corrected chi connectivity index (χ3v) is 2.91. The van der Waals surface area contributed by atoms with Crippen LogP contribution in [0.4, 0.5) is 0 Å². The minimum Gasteiger partial charge on any atom is -0.492 e. The quantitative estimate of drug-likeness (QED) is 0.829. The molecule has 1 aliphatic rings. The summed E-state index contributed by atoms with van der Waals surface area (Å²) in [5.74, 6) is -0.812. The molecular weight excluding hydrogens is 239 g/mol. The van der Waals surface area contributed by atoms with E-state index in [2.05, 4.69) is 0 Å². The monoisotopic (exact) mass is 246 g/mol. The van der Waals surface area contributed by atoms with Crippen LogP contribution in [0.2, 0.25) is 10.0 Å². The lowest BCUT2D eigenvalue weighted by Crippen LogP contribution is -2.28. The average molecular weight is 247 g/mol. The molecule has 0 aliphatic carbocycles. The van der Waals surface area contributed by atoms with Crippen LogP contribution in [0.5, 0.6) is 5.75 Å². The Morgan fingerprint density at radius 1 is 1.47 bits per heavy atom. The number of fused-ring (bicyclic) bond motifs is 1. The van der Waals surface area contributed by atoms with Crippen molar-refractivity contribution in [1.29, 1.82) is 0 Å². The minimum absolute atomic E-state index is 0.166. The molecule has 0 amide bonds. The highest BCUT2D eigenvalue weighted by Gasteiger charge is 2.27. The van der Waals surface area contributed by atoms with Gasteiger partial charge in [-0.1, -0.05) is 23.2 Å². The molecule has 1 aliphatic heterocycles. The van der Waals surface area contributed by atoms with Crippen molar-refractivity contribution in [3.8, 4) is 5.75 Å². The molecule has 0 saturated carbocycles. The maximum atomic E-state index is 10.8. The van der Waals surface area contributed by atoms with Gasteiger partial charge < -0.3 is 9.84 Å². The zero-order valence-corrected chi connectivity index (χ0v) is 9.18. The van der Waals surface area contributed by atoms with Gasteiger partial charge in [-0.05, 0) is 18.6 Å². The van der Waals surface area contributed by atoms with Gasteiger partial charge in [0.1, 0.15) is 12.4 Å². The van der Waals surface area contributed by atoms with Crippen molar-refractivity contribution in [1.82, 2.24) is 0 Å². The molecule has 5 heteroatoms. The van der Waals surface area contributed by atoms with Crippen molar-refractivity contribution in [3.05, 3.63) is 27.7 Å². The number of rotatable bonds is 1. The molecule has 0 radical (unpaired) electrons. The van der Waals surface area contributed by atoms with E-state index in [1.165, 1.54) is 0 Å². The number of carboxylic acid groups (broad SMARTS) is 1. The second-order valence-electron chi connectivity index (χ2n) is 3.41. The van der Waals surface area contributed by atoms with E-state index in [-0.39, 0.29) is 6.61 Å². The van der Waals surface area contributed by atoms with Crippen LogP contribution in [0.1, 0.15) is 5.56 Å². The van der Waals surface area contributed by atoms with Crippen LogP contribution in [0.3, 0.4) is 0 Å². The Hall–Kier alpha value is -0.930. The highest BCUT2D eigenvalue weighted by molar-refractivity contribution is 6.35. The Labute approximate surface area is 96.6 Å². The standard InChI is InChI=1S/C10H8Cl2O3/c11-6-2-8(12)7-1-5(10(13)14)4-15-9(7)3-6/h2-3,5H,1,4H2,(H,13,14). The molecule has 1 atom stereocenters. The zero-order chi connectivity index (χ0) is 11.0. The van der Waals surface area contributed by atoms with E-state index in [0.717, 1.165) is 5.56 Å². The second-order valence-corrected chi connectivity index (χ2v) is 4.26. The number of carbonyl (C=O) groups is 1. The summed E-state index contributed by atoms with van der Waals surface area (Å²) in [4.78, 5) is 10.8. The molecule has 15 heavy (non-hydrogen) atoms. The molecule has 1 aromatic carbocycles. The number of aliphatic carboxylic acids is 1. The first-order valence-corrected chi connectivity index (χ1v) is 5.17. The topological polar surface area (TPSA) is 46.5 Å². The molecular formula is C10H8Cl2O3. The Morgan fingerprint density at radius 3 is 2.87 bits per heavy atom. The van der Waals surface area contributed by atoms with Crippen LogP contribution in [0.15, 0.2) is 12.1 Å². The van der Waals surface area contributed by atoms with E-state index in [9.17, 15) is 4.79 Å². The van der Waals surface area contributed by atoms with Gasteiger partial charge in [0, 0.05) is 15.6 Å². The van der Waals surface area contributed by atoms with Gasteiger partial charge in [-0.2, -0.15) is 0 Å². The molecule has 0 fully saturated rings. The van der Waals surface area contributed by atoms with Crippen LogP contribution < -0.4 is 4.74 Å². The van der Waals surface area contributed by atoms with Gasteiger partial charge in [-0.25, -0.2) is 0 Å². The van der Waals surface area contributed by atoms with Crippen LogP contribution in [-0.2, 0) is 11.2 Å². The fraction of sp³-hybridized carbons (Fsp3) is 0.300. The maximum absolute atomic E-state index is 10.8. The molecule has 0 spiro atoms. The molecule has 80 valence electrons. The SMILES string of the molecule is O=C(O)C1COc2cc(Cl)cc(Cl)c2C1. The van der Waals surface area contributed by atoms with Crippen molar-refractivity contribution in [2.24, 2.45) is 5.92 Å². The number of hydrogen-bond acceptors (Lipinski definition) is 2. The van der Waals surface area contributed by atoms with Crippen molar-refractivity contribution < 1.29 is 14.6 Å². The predicted octanol–water partition coefficient (Wildman–Crippen LogP) is 2.63. The summed E-state index contributed by atoms with van der Waals surface area (Å²) >= 11 is 11.8. The summed E-state index contributed by atoms with van der Waals surface area (Å²) in [6, 6.07) is 3.25. The molecule has 1 aromatic rings. The molecule has 0 bridgehead atoms. The lowest BCUT2D eigenvalue weighted by Gasteiger charge is -2.23. The minimum atomic E-state index is -0.869. The van der Waals surface area contributed by atoms with Gasteiger partial charge in [-0.3, -0.25) is 4.79 Å². The smallest absolute Gasteiger partial charge is 0.310 e. The average Bonchev–Trinajstić information content (AvgIpc) is 2.16. The fourth-order valence-corrected chi connectivity index (χ4v) is 2.11. The van der Waals surface area contributed by atoms with Crippen LogP contribution in [-0.4, -0.2) is 17.7 Å². The summed E-state index contributed by atoms with van der Waals surface area (Å²) < 4.78 is 5.31. The number of carboxylic acids is 1. The Kier molecular flexibility index (Phi) is 2.76. The number of ether oxygens (including phenoxy) is 1. The second kappa shape index (κ2) is 3.91. The number of benzene rings is 1. The highest BCUT2D eigenvalue weighted by atomic mass is 35.5. The molecule has 3 nitrogen and oxygen atoms in total. The third kappa shape index (κ3) is 2.03. The fourth-order valence-electron chi connectivity index (χ4n) is 1.56. The van der Waals surface area contributed by atoms with Crippen molar-refractivity contribution >= 4 is 29.2 Å². The van der Waals surface area contributed by atoms with E-state index in [0.29, 0.717) is 22.2 Å². The zero-order valence-electron chi connectivity index (χ0n) is 7.67. The van der Waals surface area contributed by atoms with Gasteiger partial charge in [0.2, 0.25) is 0 Å². The number of halogens is 2.